The SMILES string of the molecule is Cn1nc(-c2ccccc2)c(-c2ccccc2)c(C(=O)Nc2ccc(O)c(C(=O)O)c2)c1=O. The summed E-state index contributed by atoms with van der Waals surface area (Å²) in [6, 6.07) is 21.8. The molecule has 0 aliphatic heterocycles. The lowest BCUT2D eigenvalue weighted by Crippen LogP contribution is -2.31. The second kappa shape index (κ2) is 8.80. The van der Waals surface area contributed by atoms with E-state index in [1.165, 1.54) is 13.1 Å². The van der Waals surface area contributed by atoms with E-state index >= 15 is 0 Å². The Balaban J connectivity index is 1.92. The fourth-order valence-corrected chi connectivity index (χ4v) is 3.51. The summed E-state index contributed by atoms with van der Waals surface area (Å²) in [7, 11) is 1.46. The molecule has 1 heterocycles. The standard InChI is InChI=1S/C25H19N3O5/c1-28-24(31)21(23(30)26-17-12-13-19(29)18(14-17)25(32)33)20(15-8-4-2-5-9-15)22(27-28)16-10-6-3-7-11-16/h2-14,29H,1H3,(H,26,30)(H,32,33). The molecule has 8 nitrogen and oxygen atoms in total. The molecule has 1 aromatic heterocycles. The van der Waals surface area contributed by atoms with Crippen LogP contribution in [0, 0.1) is 0 Å². The van der Waals surface area contributed by atoms with E-state index in [0.29, 0.717) is 16.8 Å². The minimum Gasteiger partial charge on any atom is -0.507 e. The molecular weight excluding hydrogens is 422 g/mol. The van der Waals surface area contributed by atoms with E-state index in [1.807, 2.05) is 36.4 Å². The van der Waals surface area contributed by atoms with Crippen molar-refractivity contribution in [3.05, 3.63) is 100 Å². The molecule has 0 saturated heterocycles. The Kier molecular flexibility index (Phi) is 5.73. The first-order valence-corrected chi connectivity index (χ1v) is 9.96. The van der Waals surface area contributed by atoms with Gasteiger partial charge >= 0.3 is 5.97 Å². The smallest absolute Gasteiger partial charge is 0.339 e. The third-order valence-electron chi connectivity index (χ3n) is 5.07. The van der Waals surface area contributed by atoms with Gasteiger partial charge in [-0.1, -0.05) is 60.7 Å². The van der Waals surface area contributed by atoms with Gasteiger partial charge in [-0.05, 0) is 23.8 Å². The van der Waals surface area contributed by atoms with Crippen molar-refractivity contribution in [1.29, 1.82) is 0 Å². The highest BCUT2D eigenvalue weighted by molar-refractivity contribution is 6.10. The summed E-state index contributed by atoms with van der Waals surface area (Å²) in [5, 5.41) is 26.0. The van der Waals surface area contributed by atoms with Crippen LogP contribution in [-0.2, 0) is 7.05 Å². The van der Waals surface area contributed by atoms with Gasteiger partial charge in [-0.3, -0.25) is 9.59 Å². The third-order valence-corrected chi connectivity index (χ3v) is 5.07. The van der Waals surface area contributed by atoms with Crippen molar-refractivity contribution >= 4 is 17.6 Å². The molecule has 1 amide bonds. The highest BCUT2D eigenvalue weighted by atomic mass is 16.4. The number of amides is 1. The molecule has 0 fully saturated rings. The zero-order chi connectivity index (χ0) is 23.5. The van der Waals surface area contributed by atoms with E-state index in [2.05, 4.69) is 10.4 Å². The summed E-state index contributed by atoms with van der Waals surface area (Å²) in [5.41, 5.74) is 1.16. The monoisotopic (exact) mass is 441 g/mol. The molecule has 0 atom stereocenters. The summed E-state index contributed by atoms with van der Waals surface area (Å²) in [6.45, 7) is 0. The first kappa shape index (κ1) is 21.5. The number of rotatable bonds is 5. The molecule has 0 unspecified atom stereocenters. The van der Waals surface area contributed by atoms with Gasteiger partial charge in [0.25, 0.3) is 11.5 Å². The minimum absolute atomic E-state index is 0.120. The Hall–Kier alpha value is -4.72. The number of hydrogen-bond donors (Lipinski definition) is 3. The van der Waals surface area contributed by atoms with Gasteiger partial charge in [0.05, 0.1) is 5.69 Å². The number of hydrogen-bond acceptors (Lipinski definition) is 5. The van der Waals surface area contributed by atoms with Crippen LogP contribution < -0.4 is 10.9 Å². The van der Waals surface area contributed by atoms with Crippen molar-refractivity contribution in [2.45, 2.75) is 0 Å². The van der Waals surface area contributed by atoms with Crippen LogP contribution in [0.1, 0.15) is 20.7 Å². The maximum Gasteiger partial charge on any atom is 0.339 e. The zero-order valence-electron chi connectivity index (χ0n) is 17.5. The van der Waals surface area contributed by atoms with E-state index < -0.39 is 23.2 Å². The maximum absolute atomic E-state index is 13.4. The van der Waals surface area contributed by atoms with Crippen LogP contribution in [-0.4, -0.2) is 31.9 Å². The molecule has 4 aromatic rings. The molecule has 3 aromatic carbocycles. The van der Waals surface area contributed by atoms with Gasteiger partial charge in [0.15, 0.2) is 0 Å². The Morgan fingerprint density at radius 3 is 2.12 bits per heavy atom. The predicted molar refractivity (Wildman–Crippen MR) is 123 cm³/mol. The highest BCUT2D eigenvalue weighted by Gasteiger charge is 2.25. The molecule has 0 radical (unpaired) electrons. The van der Waals surface area contributed by atoms with Crippen molar-refractivity contribution < 1.29 is 19.8 Å². The van der Waals surface area contributed by atoms with Gasteiger partial charge in [0, 0.05) is 23.9 Å². The number of nitrogens with one attached hydrogen (secondary N) is 1. The molecule has 3 N–H and O–H groups in total. The number of aromatic nitrogens is 2. The fraction of sp³-hybridized carbons (Fsp3) is 0.0400. The largest absolute Gasteiger partial charge is 0.507 e. The van der Waals surface area contributed by atoms with E-state index in [1.54, 1.807) is 24.3 Å². The van der Waals surface area contributed by atoms with E-state index in [9.17, 15) is 24.6 Å². The Morgan fingerprint density at radius 1 is 0.909 bits per heavy atom. The van der Waals surface area contributed by atoms with Crippen LogP contribution in [0.5, 0.6) is 5.75 Å². The van der Waals surface area contributed by atoms with Crippen molar-refractivity contribution in [3.63, 3.8) is 0 Å². The summed E-state index contributed by atoms with van der Waals surface area (Å²) >= 11 is 0. The molecular formula is C25H19N3O5. The van der Waals surface area contributed by atoms with Crippen molar-refractivity contribution in [3.8, 4) is 28.1 Å². The average Bonchev–Trinajstić information content (AvgIpc) is 2.82. The second-order valence-corrected chi connectivity index (χ2v) is 7.25. The molecule has 0 aliphatic carbocycles. The number of benzene rings is 3. The third kappa shape index (κ3) is 4.22. The molecule has 4 rings (SSSR count). The summed E-state index contributed by atoms with van der Waals surface area (Å²) in [5.74, 6) is -2.51. The van der Waals surface area contributed by atoms with Crippen LogP contribution >= 0.6 is 0 Å². The lowest BCUT2D eigenvalue weighted by Gasteiger charge is -2.16. The van der Waals surface area contributed by atoms with Crippen molar-refractivity contribution in [2.24, 2.45) is 7.05 Å². The van der Waals surface area contributed by atoms with Crippen LogP contribution in [0.15, 0.2) is 83.7 Å². The topological polar surface area (TPSA) is 122 Å². The maximum atomic E-state index is 13.4. The fourth-order valence-electron chi connectivity index (χ4n) is 3.51. The number of aromatic hydroxyl groups is 1. The Morgan fingerprint density at radius 2 is 1.52 bits per heavy atom. The number of carboxylic acid groups (broad SMARTS) is 1. The zero-order valence-corrected chi connectivity index (χ0v) is 17.5. The van der Waals surface area contributed by atoms with Gasteiger partial charge in [0.1, 0.15) is 16.9 Å². The normalized spacial score (nSPS) is 10.6. The molecule has 0 saturated carbocycles. The molecule has 0 aliphatic rings. The number of anilines is 1. The Bertz CT molecular complexity index is 1410. The van der Waals surface area contributed by atoms with Gasteiger partial charge in [-0.15, -0.1) is 0 Å². The van der Waals surface area contributed by atoms with Gasteiger partial charge in [0.2, 0.25) is 0 Å². The van der Waals surface area contributed by atoms with Crippen LogP contribution in [0.3, 0.4) is 0 Å². The van der Waals surface area contributed by atoms with E-state index in [0.717, 1.165) is 22.4 Å². The van der Waals surface area contributed by atoms with E-state index in [4.69, 9.17) is 0 Å². The quantitative estimate of drug-likeness (QED) is 0.405. The number of phenols is 1. The first-order valence-electron chi connectivity index (χ1n) is 9.96. The number of carbonyl (C=O) groups is 2. The summed E-state index contributed by atoms with van der Waals surface area (Å²) in [6.07, 6.45) is 0. The number of carboxylic acids is 1. The van der Waals surface area contributed by atoms with Crippen LogP contribution in [0.2, 0.25) is 0 Å². The number of nitrogens with zero attached hydrogens (tertiary/aromatic N) is 2. The molecule has 164 valence electrons. The lowest BCUT2D eigenvalue weighted by molar-refractivity contribution is 0.0693. The number of carbonyl (C=O) groups excluding carboxylic acids is 1. The number of aryl methyl sites for hydroxylation is 1. The minimum atomic E-state index is -1.35. The highest BCUT2D eigenvalue weighted by Crippen LogP contribution is 2.32. The van der Waals surface area contributed by atoms with Crippen molar-refractivity contribution in [1.82, 2.24) is 9.78 Å². The first-order chi connectivity index (χ1) is 15.9. The van der Waals surface area contributed by atoms with Crippen molar-refractivity contribution in [2.75, 3.05) is 5.32 Å². The lowest BCUT2D eigenvalue weighted by atomic mass is 9.95. The van der Waals surface area contributed by atoms with Gasteiger partial charge in [-0.25, -0.2) is 9.48 Å². The molecule has 8 heteroatoms. The Labute approximate surface area is 188 Å². The van der Waals surface area contributed by atoms with E-state index in [-0.39, 0.29) is 16.8 Å². The van der Waals surface area contributed by atoms with Gasteiger partial charge < -0.3 is 15.5 Å². The summed E-state index contributed by atoms with van der Waals surface area (Å²) in [4.78, 5) is 37.8. The van der Waals surface area contributed by atoms with Gasteiger partial charge in [-0.2, -0.15) is 5.10 Å². The predicted octanol–water partition coefficient (Wildman–Crippen LogP) is 3.77. The molecule has 0 spiro atoms. The van der Waals surface area contributed by atoms with Crippen LogP contribution in [0.25, 0.3) is 22.4 Å². The molecule has 0 bridgehead atoms. The average molecular weight is 441 g/mol. The van der Waals surface area contributed by atoms with Crippen LogP contribution in [0.4, 0.5) is 5.69 Å². The second-order valence-electron chi connectivity index (χ2n) is 7.25. The summed E-state index contributed by atoms with van der Waals surface area (Å²) < 4.78 is 1.10. The number of aromatic carboxylic acids is 1. The molecule has 33 heavy (non-hydrogen) atoms.